The summed E-state index contributed by atoms with van der Waals surface area (Å²) in [5.41, 5.74) is 0.631. The first-order valence-corrected chi connectivity index (χ1v) is 6.29. The van der Waals surface area contributed by atoms with Crippen LogP contribution in [0, 0.1) is 5.92 Å². The Morgan fingerprint density at radius 3 is 2.47 bits per heavy atom. The molecule has 0 aromatic heterocycles. The van der Waals surface area contributed by atoms with Crippen molar-refractivity contribution < 1.29 is 8.78 Å². The molecule has 2 rings (SSSR count). The summed E-state index contributed by atoms with van der Waals surface area (Å²) < 4.78 is 26.0. The van der Waals surface area contributed by atoms with Crippen molar-refractivity contribution in [3.05, 3.63) is 28.2 Å². The molecule has 0 spiro atoms. The molecule has 0 amide bonds. The predicted octanol–water partition coefficient (Wildman–Crippen LogP) is 4.84. The number of nitrogens with one attached hydrogen (secondary N) is 1. The molecule has 1 fully saturated rings. The van der Waals surface area contributed by atoms with Gasteiger partial charge in [-0.2, -0.15) is 0 Å². The first kappa shape index (κ1) is 12.9. The molecule has 0 radical (unpaired) electrons. The number of rotatable bonds is 3. The third-order valence-electron chi connectivity index (χ3n) is 3.04. The summed E-state index contributed by atoms with van der Waals surface area (Å²) in [6.45, 7) is 0.485. The van der Waals surface area contributed by atoms with Crippen molar-refractivity contribution in [2.24, 2.45) is 5.92 Å². The van der Waals surface area contributed by atoms with Gasteiger partial charge in [0.05, 0.1) is 15.7 Å². The molecule has 1 atom stereocenters. The maximum Gasteiger partial charge on any atom is 0.248 e. The highest BCUT2D eigenvalue weighted by Crippen LogP contribution is 2.39. The van der Waals surface area contributed by atoms with Crippen molar-refractivity contribution in [3.8, 4) is 0 Å². The van der Waals surface area contributed by atoms with Gasteiger partial charge >= 0.3 is 0 Å². The van der Waals surface area contributed by atoms with Crippen LogP contribution >= 0.6 is 23.2 Å². The summed E-state index contributed by atoms with van der Waals surface area (Å²) in [6, 6.07) is 5.19. The number of hydrogen-bond donors (Lipinski definition) is 1. The van der Waals surface area contributed by atoms with Crippen LogP contribution in [0.5, 0.6) is 0 Å². The van der Waals surface area contributed by atoms with Crippen molar-refractivity contribution in [3.63, 3.8) is 0 Å². The van der Waals surface area contributed by atoms with E-state index in [1.165, 1.54) is 0 Å². The second-order valence-corrected chi connectivity index (χ2v) is 5.26. The highest BCUT2D eigenvalue weighted by molar-refractivity contribution is 6.39. The van der Waals surface area contributed by atoms with E-state index in [2.05, 4.69) is 5.32 Å². The molecule has 0 saturated heterocycles. The van der Waals surface area contributed by atoms with Crippen molar-refractivity contribution in [2.75, 3.05) is 11.9 Å². The molecule has 1 nitrogen and oxygen atoms in total. The Hall–Kier alpha value is -0.540. The number of hydrogen-bond acceptors (Lipinski definition) is 1. The van der Waals surface area contributed by atoms with Gasteiger partial charge in [0, 0.05) is 19.4 Å². The Morgan fingerprint density at radius 2 is 1.94 bits per heavy atom. The second kappa shape index (κ2) is 4.99. The van der Waals surface area contributed by atoms with E-state index in [1.807, 2.05) is 0 Å². The van der Waals surface area contributed by atoms with E-state index in [0.29, 0.717) is 28.7 Å². The Bertz CT molecular complexity index is 389. The SMILES string of the molecule is FC1(F)CCC(CNc2c(Cl)cccc2Cl)C1. The summed E-state index contributed by atoms with van der Waals surface area (Å²) in [6.07, 6.45) is 0.472. The summed E-state index contributed by atoms with van der Waals surface area (Å²) in [5.74, 6) is -2.52. The van der Waals surface area contributed by atoms with Crippen molar-refractivity contribution in [1.82, 2.24) is 0 Å². The lowest BCUT2D eigenvalue weighted by Gasteiger charge is -2.14. The van der Waals surface area contributed by atoms with E-state index in [0.717, 1.165) is 0 Å². The van der Waals surface area contributed by atoms with E-state index in [-0.39, 0.29) is 18.8 Å². The summed E-state index contributed by atoms with van der Waals surface area (Å²) in [4.78, 5) is 0. The lowest BCUT2D eigenvalue weighted by molar-refractivity contribution is 0.00556. The number of benzene rings is 1. The van der Waals surface area contributed by atoms with Gasteiger partial charge in [-0.3, -0.25) is 0 Å². The van der Waals surface area contributed by atoms with Crippen LogP contribution in [0.2, 0.25) is 10.0 Å². The maximum absolute atomic E-state index is 13.0. The van der Waals surface area contributed by atoms with Crippen LogP contribution in [0.25, 0.3) is 0 Å². The first-order valence-electron chi connectivity index (χ1n) is 5.54. The average molecular weight is 280 g/mol. The molecule has 17 heavy (non-hydrogen) atoms. The largest absolute Gasteiger partial charge is 0.382 e. The summed E-state index contributed by atoms with van der Waals surface area (Å²) in [5, 5.41) is 4.10. The van der Waals surface area contributed by atoms with Crippen molar-refractivity contribution in [2.45, 2.75) is 25.2 Å². The normalized spacial score (nSPS) is 22.7. The maximum atomic E-state index is 13.0. The molecule has 0 bridgehead atoms. The van der Waals surface area contributed by atoms with Gasteiger partial charge in [0.25, 0.3) is 0 Å². The first-order chi connectivity index (χ1) is 7.98. The van der Waals surface area contributed by atoms with Gasteiger partial charge in [0.2, 0.25) is 5.92 Å². The van der Waals surface area contributed by atoms with Gasteiger partial charge in [-0.1, -0.05) is 29.3 Å². The molecular formula is C12H13Cl2F2N. The van der Waals surface area contributed by atoms with Crippen LogP contribution in [0.3, 0.4) is 0 Å². The van der Waals surface area contributed by atoms with Crippen molar-refractivity contribution >= 4 is 28.9 Å². The fraction of sp³-hybridized carbons (Fsp3) is 0.500. The molecule has 0 heterocycles. The molecule has 94 valence electrons. The van der Waals surface area contributed by atoms with Gasteiger partial charge in [-0.15, -0.1) is 0 Å². The van der Waals surface area contributed by atoms with Gasteiger partial charge in [0.15, 0.2) is 0 Å². The fourth-order valence-electron chi connectivity index (χ4n) is 2.13. The molecule has 1 aromatic rings. The zero-order valence-electron chi connectivity index (χ0n) is 9.15. The Balaban J connectivity index is 1.95. The number of anilines is 1. The highest BCUT2D eigenvalue weighted by Gasteiger charge is 2.39. The smallest absolute Gasteiger partial charge is 0.248 e. The quantitative estimate of drug-likeness (QED) is 0.835. The molecule has 5 heteroatoms. The fourth-order valence-corrected chi connectivity index (χ4v) is 2.66. The minimum absolute atomic E-state index is 0.0164. The zero-order valence-corrected chi connectivity index (χ0v) is 10.7. The predicted molar refractivity (Wildman–Crippen MR) is 67.2 cm³/mol. The standard InChI is InChI=1S/C12H13Cl2F2N/c13-9-2-1-3-10(14)11(9)17-7-8-4-5-12(15,16)6-8/h1-3,8,17H,4-7H2. The highest BCUT2D eigenvalue weighted by atomic mass is 35.5. The Morgan fingerprint density at radius 1 is 1.29 bits per heavy atom. The lowest BCUT2D eigenvalue weighted by Crippen LogP contribution is -2.15. The van der Waals surface area contributed by atoms with E-state index in [4.69, 9.17) is 23.2 Å². The van der Waals surface area contributed by atoms with Crippen molar-refractivity contribution in [1.29, 1.82) is 0 Å². The van der Waals surface area contributed by atoms with Gasteiger partial charge in [-0.25, -0.2) is 8.78 Å². The third kappa shape index (κ3) is 3.23. The minimum atomic E-state index is -2.50. The molecule has 0 aliphatic heterocycles. The molecule has 1 aliphatic rings. The zero-order chi connectivity index (χ0) is 12.5. The Labute approximate surface area is 109 Å². The Kier molecular flexibility index (Phi) is 3.79. The molecular weight excluding hydrogens is 267 g/mol. The molecule has 1 unspecified atom stereocenters. The number of halogens is 4. The third-order valence-corrected chi connectivity index (χ3v) is 3.67. The molecule has 1 N–H and O–H groups in total. The van der Waals surface area contributed by atoms with Crippen LogP contribution < -0.4 is 5.32 Å². The van der Waals surface area contributed by atoms with Gasteiger partial charge < -0.3 is 5.32 Å². The second-order valence-electron chi connectivity index (χ2n) is 4.44. The van der Waals surface area contributed by atoms with Gasteiger partial charge in [-0.05, 0) is 24.5 Å². The average Bonchev–Trinajstić information content (AvgIpc) is 2.57. The van der Waals surface area contributed by atoms with E-state index < -0.39 is 5.92 Å². The van der Waals surface area contributed by atoms with Gasteiger partial charge in [0.1, 0.15) is 0 Å². The summed E-state index contributed by atoms with van der Waals surface area (Å²) >= 11 is 12.0. The van der Waals surface area contributed by atoms with E-state index >= 15 is 0 Å². The monoisotopic (exact) mass is 279 g/mol. The van der Waals surface area contributed by atoms with Crippen LogP contribution in [-0.2, 0) is 0 Å². The van der Waals surface area contributed by atoms with E-state index in [9.17, 15) is 8.78 Å². The topological polar surface area (TPSA) is 12.0 Å². The molecule has 1 aromatic carbocycles. The van der Waals surface area contributed by atoms with Crippen LogP contribution in [0.15, 0.2) is 18.2 Å². The number of para-hydroxylation sites is 1. The summed E-state index contributed by atoms with van der Waals surface area (Å²) in [7, 11) is 0. The molecule has 1 saturated carbocycles. The van der Waals surface area contributed by atoms with Crippen LogP contribution in [-0.4, -0.2) is 12.5 Å². The van der Waals surface area contributed by atoms with Crippen LogP contribution in [0.4, 0.5) is 14.5 Å². The minimum Gasteiger partial charge on any atom is -0.382 e. The van der Waals surface area contributed by atoms with Crippen LogP contribution in [0.1, 0.15) is 19.3 Å². The van der Waals surface area contributed by atoms with E-state index in [1.54, 1.807) is 18.2 Å². The molecule has 1 aliphatic carbocycles. The number of alkyl halides is 2. The lowest BCUT2D eigenvalue weighted by atomic mass is 10.1.